The molecule has 1 amide bonds. The maximum atomic E-state index is 11.9. The van der Waals surface area contributed by atoms with Crippen molar-refractivity contribution in [3.8, 4) is 11.3 Å². The van der Waals surface area contributed by atoms with Gasteiger partial charge in [0.1, 0.15) is 0 Å². The fourth-order valence-corrected chi connectivity index (χ4v) is 3.64. The van der Waals surface area contributed by atoms with Crippen LogP contribution in [0.4, 0.5) is 0 Å². The number of amides is 1. The summed E-state index contributed by atoms with van der Waals surface area (Å²) in [6.45, 7) is 0.709. The highest BCUT2D eigenvalue weighted by Crippen LogP contribution is 2.26. The quantitative estimate of drug-likeness (QED) is 0.493. The van der Waals surface area contributed by atoms with Gasteiger partial charge in [-0.05, 0) is 44.2 Å². The monoisotopic (exact) mass is 420 g/mol. The van der Waals surface area contributed by atoms with Crippen molar-refractivity contribution in [2.24, 2.45) is 0 Å². The molecule has 0 atom stereocenters. The first-order valence-electron chi connectivity index (χ1n) is 8.50. The van der Waals surface area contributed by atoms with Crippen molar-refractivity contribution in [2.45, 2.75) is 37.3 Å². The third-order valence-electron chi connectivity index (χ3n) is 4.09. The summed E-state index contributed by atoms with van der Waals surface area (Å²) < 4.78 is 6.73. The van der Waals surface area contributed by atoms with E-state index in [1.165, 1.54) is 43.0 Å². The molecule has 0 spiro atoms. The zero-order valence-corrected chi connectivity index (χ0v) is 16.4. The van der Waals surface area contributed by atoms with Crippen LogP contribution in [0.2, 0.25) is 0 Å². The smallest absolute Gasteiger partial charge is 0.256 e. The molecule has 1 aliphatic carbocycles. The second kappa shape index (κ2) is 9.25. The largest absolute Gasteiger partial charge is 0.431 e. The van der Waals surface area contributed by atoms with E-state index >= 15 is 0 Å². The average Bonchev–Trinajstić information content (AvgIpc) is 3.10. The summed E-state index contributed by atoms with van der Waals surface area (Å²) in [7, 11) is 0. The van der Waals surface area contributed by atoms with E-state index in [1.807, 2.05) is 24.3 Å². The standard InChI is InChI=1S/C19H21BrN2O2S/c20-16-8-6-15(7-9-16)17-12-22-19(24-17)25-13-18(23)21-11-10-14-4-2-1-3-5-14/h4,6-9,12H,1-3,5,10-11,13H2,(H,21,23). The number of thioether (sulfide) groups is 1. The summed E-state index contributed by atoms with van der Waals surface area (Å²) in [5.41, 5.74) is 2.44. The number of oxazole rings is 1. The number of allylic oxidation sites excluding steroid dienone is 1. The minimum Gasteiger partial charge on any atom is -0.431 e. The molecule has 0 radical (unpaired) electrons. The van der Waals surface area contributed by atoms with E-state index in [-0.39, 0.29) is 5.91 Å². The summed E-state index contributed by atoms with van der Waals surface area (Å²) in [4.78, 5) is 16.2. The van der Waals surface area contributed by atoms with Gasteiger partial charge in [-0.15, -0.1) is 0 Å². The third-order valence-corrected chi connectivity index (χ3v) is 5.46. The number of benzene rings is 1. The molecule has 25 heavy (non-hydrogen) atoms. The van der Waals surface area contributed by atoms with Crippen molar-refractivity contribution < 1.29 is 9.21 Å². The zero-order chi connectivity index (χ0) is 17.5. The first-order chi connectivity index (χ1) is 12.2. The van der Waals surface area contributed by atoms with Gasteiger partial charge in [0.25, 0.3) is 5.22 Å². The third kappa shape index (κ3) is 5.75. The van der Waals surface area contributed by atoms with Gasteiger partial charge >= 0.3 is 0 Å². The average molecular weight is 421 g/mol. The highest BCUT2D eigenvalue weighted by atomic mass is 79.9. The maximum Gasteiger partial charge on any atom is 0.256 e. The Hall–Kier alpha value is -1.53. The van der Waals surface area contributed by atoms with Gasteiger partial charge < -0.3 is 9.73 Å². The Kier molecular flexibility index (Phi) is 6.76. The summed E-state index contributed by atoms with van der Waals surface area (Å²) >= 11 is 4.73. The number of carbonyl (C=O) groups excluding carboxylic acids is 1. The Morgan fingerprint density at radius 2 is 2.12 bits per heavy atom. The van der Waals surface area contributed by atoms with Crippen molar-refractivity contribution in [2.75, 3.05) is 12.3 Å². The minimum absolute atomic E-state index is 0.0183. The Morgan fingerprint density at radius 1 is 1.28 bits per heavy atom. The molecule has 0 bridgehead atoms. The molecule has 1 aromatic carbocycles. The first kappa shape index (κ1) is 18.3. The number of hydrogen-bond donors (Lipinski definition) is 1. The number of rotatable bonds is 7. The topological polar surface area (TPSA) is 55.1 Å². The van der Waals surface area contributed by atoms with E-state index in [9.17, 15) is 4.79 Å². The van der Waals surface area contributed by atoms with Crippen LogP contribution in [0.3, 0.4) is 0 Å². The Bertz CT molecular complexity index is 740. The van der Waals surface area contributed by atoms with E-state index < -0.39 is 0 Å². The van der Waals surface area contributed by atoms with Crippen molar-refractivity contribution >= 4 is 33.6 Å². The molecule has 1 heterocycles. The summed E-state index contributed by atoms with van der Waals surface area (Å²) in [5, 5.41) is 3.49. The van der Waals surface area contributed by atoms with Crippen LogP contribution in [-0.4, -0.2) is 23.2 Å². The molecular weight excluding hydrogens is 400 g/mol. The molecule has 0 aliphatic heterocycles. The lowest BCUT2D eigenvalue weighted by Crippen LogP contribution is -2.26. The Morgan fingerprint density at radius 3 is 2.88 bits per heavy atom. The van der Waals surface area contributed by atoms with Crippen LogP contribution in [0.15, 0.2) is 56.2 Å². The van der Waals surface area contributed by atoms with Gasteiger partial charge in [0.05, 0.1) is 11.9 Å². The molecule has 0 saturated carbocycles. The second-order valence-electron chi connectivity index (χ2n) is 5.99. The highest BCUT2D eigenvalue weighted by molar-refractivity contribution is 9.10. The molecule has 4 nitrogen and oxygen atoms in total. The lowest BCUT2D eigenvalue weighted by molar-refractivity contribution is -0.118. The van der Waals surface area contributed by atoms with E-state index in [0.717, 1.165) is 16.5 Å². The van der Waals surface area contributed by atoms with Crippen molar-refractivity contribution in [1.29, 1.82) is 0 Å². The molecule has 1 N–H and O–H groups in total. The molecule has 2 aromatic rings. The predicted octanol–water partition coefficient (Wildman–Crippen LogP) is 5.20. The Balaban J connectivity index is 1.41. The number of hydrogen-bond acceptors (Lipinski definition) is 4. The summed E-state index contributed by atoms with van der Waals surface area (Å²) in [6, 6.07) is 7.84. The van der Waals surface area contributed by atoms with E-state index in [1.54, 1.807) is 6.20 Å². The van der Waals surface area contributed by atoms with Crippen LogP contribution in [0.1, 0.15) is 32.1 Å². The summed E-state index contributed by atoms with van der Waals surface area (Å²) in [6.07, 6.45) is 9.91. The molecule has 0 unspecified atom stereocenters. The summed E-state index contributed by atoms with van der Waals surface area (Å²) in [5.74, 6) is 1.05. The van der Waals surface area contributed by atoms with Gasteiger partial charge in [0.15, 0.2) is 5.76 Å². The van der Waals surface area contributed by atoms with Crippen LogP contribution in [0, 0.1) is 0 Å². The maximum absolute atomic E-state index is 11.9. The number of aromatic nitrogens is 1. The molecule has 3 rings (SSSR count). The van der Waals surface area contributed by atoms with Gasteiger partial charge in [0, 0.05) is 16.6 Å². The molecule has 132 valence electrons. The highest BCUT2D eigenvalue weighted by Gasteiger charge is 2.10. The molecule has 0 saturated heterocycles. The molecular formula is C19H21BrN2O2S. The molecule has 1 aromatic heterocycles. The first-order valence-corrected chi connectivity index (χ1v) is 10.3. The lowest BCUT2D eigenvalue weighted by Gasteiger charge is -2.12. The van der Waals surface area contributed by atoms with Crippen molar-refractivity contribution in [1.82, 2.24) is 10.3 Å². The number of nitrogens with zero attached hydrogens (tertiary/aromatic N) is 1. The van der Waals surface area contributed by atoms with Gasteiger partial charge in [-0.2, -0.15) is 0 Å². The minimum atomic E-state index is 0.0183. The van der Waals surface area contributed by atoms with Crippen molar-refractivity contribution in [3.05, 3.63) is 46.6 Å². The predicted molar refractivity (Wildman–Crippen MR) is 105 cm³/mol. The lowest BCUT2D eigenvalue weighted by atomic mass is 9.97. The molecule has 6 heteroatoms. The fourth-order valence-electron chi connectivity index (χ4n) is 2.74. The number of halogens is 1. The SMILES string of the molecule is O=C(CSc1ncc(-c2ccc(Br)cc2)o1)NCCC1=CCCCC1. The van der Waals surface area contributed by atoms with E-state index in [2.05, 4.69) is 32.3 Å². The number of carbonyl (C=O) groups is 1. The van der Waals surface area contributed by atoms with Crippen LogP contribution >= 0.6 is 27.7 Å². The van der Waals surface area contributed by atoms with Crippen LogP contribution < -0.4 is 5.32 Å². The second-order valence-corrected chi connectivity index (χ2v) is 7.84. The van der Waals surface area contributed by atoms with E-state index in [4.69, 9.17) is 4.42 Å². The van der Waals surface area contributed by atoms with Crippen molar-refractivity contribution in [3.63, 3.8) is 0 Å². The van der Waals surface area contributed by atoms with Crippen LogP contribution in [0.25, 0.3) is 11.3 Å². The molecule has 1 aliphatic rings. The number of nitrogens with one attached hydrogen (secondary N) is 1. The fraction of sp³-hybridized carbons (Fsp3) is 0.368. The zero-order valence-electron chi connectivity index (χ0n) is 14.0. The molecule has 0 fully saturated rings. The van der Waals surface area contributed by atoms with Gasteiger partial charge in [-0.1, -0.05) is 51.5 Å². The van der Waals surface area contributed by atoms with Gasteiger partial charge in [-0.3, -0.25) is 4.79 Å². The van der Waals surface area contributed by atoms with Crippen LogP contribution in [-0.2, 0) is 4.79 Å². The van der Waals surface area contributed by atoms with Gasteiger partial charge in [0.2, 0.25) is 5.91 Å². The van der Waals surface area contributed by atoms with Gasteiger partial charge in [-0.25, -0.2) is 4.98 Å². The Labute approximate surface area is 160 Å². The normalized spacial score (nSPS) is 14.2. The van der Waals surface area contributed by atoms with E-state index in [0.29, 0.717) is 23.3 Å². The van der Waals surface area contributed by atoms with Crippen LogP contribution in [0.5, 0.6) is 0 Å².